The van der Waals surface area contributed by atoms with Gasteiger partial charge in [0, 0.05) is 17.1 Å². The fourth-order valence-electron chi connectivity index (χ4n) is 11.9. The molecule has 0 aliphatic heterocycles. The highest BCUT2D eigenvalue weighted by atomic mass is 15.1. The molecule has 2 bridgehead atoms. The molecule has 3 atom stereocenters. The van der Waals surface area contributed by atoms with E-state index in [0.717, 1.165) is 23.2 Å². The lowest BCUT2D eigenvalue weighted by Crippen LogP contribution is -2.28. The van der Waals surface area contributed by atoms with Gasteiger partial charge in [0.25, 0.3) is 0 Å². The van der Waals surface area contributed by atoms with Crippen molar-refractivity contribution in [3.05, 3.63) is 258 Å². The Kier molecular flexibility index (Phi) is 9.29. The third kappa shape index (κ3) is 6.29. The molecule has 0 aromatic heterocycles. The molecule has 3 aliphatic carbocycles. The van der Waals surface area contributed by atoms with Gasteiger partial charge >= 0.3 is 0 Å². The van der Waals surface area contributed by atoms with Gasteiger partial charge in [0.15, 0.2) is 0 Å². The lowest BCUT2D eigenvalue weighted by molar-refractivity contribution is 0.420. The highest BCUT2D eigenvalue weighted by Crippen LogP contribution is 2.58. The van der Waals surface area contributed by atoms with Gasteiger partial charge in [0.1, 0.15) is 0 Å². The van der Waals surface area contributed by atoms with E-state index in [1.54, 1.807) is 0 Å². The van der Waals surface area contributed by atoms with Crippen molar-refractivity contribution >= 4 is 17.1 Å². The summed E-state index contributed by atoms with van der Waals surface area (Å²) in [6.07, 6.45) is 5.56. The lowest BCUT2D eigenvalue weighted by Gasteiger charge is -2.35. The van der Waals surface area contributed by atoms with E-state index in [1.807, 2.05) is 0 Å². The summed E-state index contributed by atoms with van der Waals surface area (Å²) >= 11 is 0. The van der Waals surface area contributed by atoms with Crippen molar-refractivity contribution in [2.75, 3.05) is 4.90 Å². The van der Waals surface area contributed by atoms with Gasteiger partial charge in [0.2, 0.25) is 0 Å². The number of benzene rings is 9. The summed E-state index contributed by atoms with van der Waals surface area (Å²) in [7, 11) is 0. The van der Waals surface area contributed by atoms with E-state index in [0.29, 0.717) is 5.92 Å². The SMILES string of the molecule is c1ccc(-c2cccc(-c3ccccc3)c2-c2ccc(N(c3ccc(C4CC5CCC4C5)cc3)c3ccc4c(c3)C(c3ccccc3)(c3ccccc3)c3ccccc3-4)cc2)cc1. The first-order valence-electron chi connectivity index (χ1n) is 22.8. The van der Waals surface area contributed by atoms with Crippen LogP contribution in [0.25, 0.3) is 44.5 Å². The molecular weight excluding hydrogens is 759 g/mol. The molecule has 3 aliphatic rings. The second-order valence-electron chi connectivity index (χ2n) is 18.0. The van der Waals surface area contributed by atoms with Crippen molar-refractivity contribution in [3.8, 4) is 44.5 Å². The highest BCUT2D eigenvalue weighted by molar-refractivity contribution is 5.95. The Morgan fingerprint density at radius 3 is 1.44 bits per heavy atom. The monoisotopic (exact) mass is 807 g/mol. The molecule has 0 N–H and O–H groups in total. The minimum absolute atomic E-state index is 0.485. The van der Waals surface area contributed by atoms with Crippen molar-refractivity contribution in [2.45, 2.75) is 37.0 Å². The van der Waals surface area contributed by atoms with Crippen LogP contribution in [0, 0.1) is 11.8 Å². The van der Waals surface area contributed by atoms with E-state index in [-0.39, 0.29) is 0 Å². The number of rotatable bonds is 9. The fraction of sp³-hybridized carbons (Fsp3) is 0.129. The van der Waals surface area contributed by atoms with Gasteiger partial charge in [-0.25, -0.2) is 0 Å². The van der Waals surface area contributed by atoms with Crippen molar-refractivity contribution in [2.24, 2.45) is 11.8 Å². The summed E-state index contributed by atoms with van der Waals surface area (Å²) in [5.41, 5.74) is 19.6. The van der Waals surface area contributed by atoms with E-state index < -0.39 is 5.41 Å². The molecule has 0 spiro atoms. The molecule has 12 rings (SSSR count). The molecule has 1 nitrogen and oxygen atoms in total. The minimum Gasteiger partial charge on any atom is -0.310 e. The third-order valence-electron chi connectivity index (χ3n) is 14.7. The van der Waals surface area contributed by atoms with Gasteiger partial charge in [0.05, 0.1) is 5.41 Å². The first-order valence-corrected chi connectivity index (χ1v) is 22.8. The molecule has 302 valence electrons. The number of fused-ring (bicyclic) bond motifs is 5. The van der Waals surface area contributed by atoms with Crippen LogP contribution in [-0.4, -0.2) is 0 Å². The predicted molar refractivity (Wildman–Crippen MR) is 263 cm³/mol. The molecule has 9 aromatic rings. The predicted octanol–water partition coefficient (Wildman–Crippen LogP) is 16.4. The van der Waals surface area contributed by atoms with Crippen LogP contribution >= 0.6 is 0 Å². The average Bonchev–Trinajstić information content (AvgIpc) is 4.09. The molecule has 1 heteroatoms. The van der Waals surface area contributed by atoms with Crippen LogP contribution in [0.2, 0.25) is 0 Å². The summed E-state index contributed by atoms with van der Waals surface area (Å²) in [6, 6.07) is 85.9. The smallest absolute Gasteiger partial charge is 0.0714 e. The minimum atomic E-state index is -0.485. The van der Waals surface area contributed by atoms with Crippen LogP contribution in [-0.2, 0) is 5.41 Å². The largest absolute Gasteiger partial charge is 0.310 e. The van der Waals surface area contributed by atoms with Crippen molar-refractivity contribution < 1.29 is 0 Å². The third-order valence-corrected chi connectivity index (χ3v) is 14.7. The van der Waals surface area contributed by atoms with E-state index in [4.69, 9.17) is 0 Å². The van der Waals surface area contributed by atoms with Crippen molar-refractivity contribution in [1.82, 2.24) is 0 Å². The maximum Gasteiger partial charge on any atom is 0.0714 e. The molecule has 2 saturated carbocycles. The Labute approximate surface area is 372 Å². The first kappa shape index (κ1) is 37.5. The highest BCUT2D eigenvalue weighted by Gasteiger charge is 2.46. The van der Waals surface area contributed by atoms with Gasteiger partial charge in [-0.2, -0.15) is 0 Å². The quantitative estimate of drug-likeness (QED) is 0.140. The van der Waals surface area contributed by atoms with E-state index in [2.05, 4.69) is 235 Å². The van der Waals surface area contributed by atoms with Crippen molar-refractivity contribution in [3.63, 3.8) is 0 Å². The second-order valence-corrected chi connectivity index (χ2v) is 18.0. The second kappa shape index (κ2) is 15.6. The number of hydrogen-bond donors (Lipinski definition) is 0. The Hall–Kier alpha value is -7.22. The maximum absolute atomic E-state index is 2.49. The Balaban J connectivity index is 1.04. The molecule has 3 unspecified atom stereocenters. The average molecular weight is 808 g/mol. The molecule has 9 aromatic carbocycles. The zero-order valence-corrected chi connectivity index (χ0v) is 35.4. The Morgan fingerprint density at radius 2 is 0.873 bits per heavy atom. The van der Waals surface area contributed by atoms with E-state index in [1.165, 1.54) is 104 Å². The number of anilines is 3. The lowest BCUT2D eigenvalue weighted by atomic mass is 9.67. The molecule has 2 fully saturated rings. The summed E-state index contributed by atoms with van der Waals surface area (Å²) < 4.78 is 0. The van der Waals surface area contributed by atoms with Gasteiger partial charge in [-0.1, -0.05) is 201 Å². The van der Waals surface area contributed by atoms with E-state index in [9.17, 15) is 0 Å². The molecule has 0 saturated heterocycles. The summed E-state index contributed by atoms with van der Waals surface area (Å²) in [5.74, 6) is 2.44. The normalized spacial score (nSPS) is 17.9. The summed E-state index contributed by atoms with van der Waals surface area (Å²) in [6.45, 7) is 0. The standard InChI is InChI=1S/C62H49N/c1-5-16-44(17-6-1)54-25-15-26-55(45-18-7-2-8-19-45)61(54)47-32-36-52(37-33-47)63(51-34-30-46(31-35-51)58-41-43-28-29-48(58)40-43)53-38-39-57-56-24-13-14-27-59(56)62(60(57)42-53,49-20-9-3-10-21-49)50-22-11-4-12-23-50/h1-27,30-39,42-43,48,58H,28-29,40-41H2. The van der Waals surface area contributed by atoms with Crippen LogP contribution < -0.4 is 4.90 Å². The number of nitrogens with zero attached hydrogens (tertiary/aromatic N) is 1. The fourth-order valence-corrected chi connectivity index (χ4v) is 11.9. The molecular formula is C62H49N. The summed E-state index contributed by atoms with van der Waals surface area (Å²) in [4.78, 5) is 2.49. The Morgan fingerprint density at radius 1 is 0.365 bits per heavy atom. The molecule has 0 radical (unpaired) electrons. The van der Waals surface area contributed by atoms with Crippen LogP contribution in [0.5, 0.6) is 0 Å². The zero-order valence-electron chi connectivity index (χ0n) is 35.4. The maximum atomic E-state index is 2.49. The van der Waals surface area contributed by atoms with Gasteiger partial charge in [-0.05, 0) is 146 Å². The first-order chi connectivity index (χ1) is 31.2. The van der Waals surface area contributed by atoms with Gasteiger partial charge < -0.3 is 4.90 Å². The van der Waals surface area contributed by atoms with Crippen LogP contribution in [0.1, 0.15) is 59.4 Å². The zero-order chi connectivity index (χ0) is 41.7. The molecule has 0 heterocycles. The number of hydrogen-bond acceptors (Lipinski definition) is 1. The van der Waals surface area contributed by atoms with Crippen LogP contribution in [0.3, 0.4) is 0 Å². The van der Waals surface area contributed by atoms with Gasteiger partial charge in [-0.15, -0.1) is 0 Å². The van der Waals surface area contributed by atoms with E-state index >= 15 is 0 Å². The van der Waals surface area contributed by atoms with Crippen LogP contribution in [0.4, 0.5) is 17.1 Å². The molecule has 0 amide bonds. The Bertz CT molecular complexity index is 2950. The molecule has 63 heavy (non-hydrogen) atoms. The topological polar surface area (TPSA) is 3.24 Å². The van der Waals surface area contributed by atoms with Crippen LogP contribution in [0.15, 0.2) is 231 Å². The summed E-state index contributed by atoms with van der Waals surface area (Å²) in [5, 5.41) is 0. The van der Waals surface area contributed by atoms with Crippen molar-refractivity contribution in [1.29, 1.82) is 0 Å². The van der Waals surface area contributed by atoms with Gasteiger partial charge in [-0.3, -0.25) is 0 Å².